The topological polar surface area (TPSA) is 43.7 Å². The Kier molecular flexibility index (Phi) is 3.13. The second kappa shape index (κ2) is 3.94. The quantitative estimate of drug-likeness (QED) is 0.707. The zero-order chi connectivity index (χ0) is 13.8. The van der Waals surface area contributed by atoms with E-state index in [0.29, 0.717) is 5.41 Å². The van der Waals surface area contributed by atoms with Crippen molar-refractivity contribution in [1.29, 1.82) is 0 Å². The number of rotatable bonds is 1. The van der Waals surface area contributed by atoms with Gasteiger partial charge >= 0.3 is 0 Å². The van der Waals surface area contributed by atoms with Crippen LogP contribution in [0.25, 0.3) is 0 Å². The van der Waals surface area contributed by atoms with Gasteiger partial charge < -0.3 is 10.2 Å². The Labute approximate surface area is 111 Å². The number of aliphatic hydroxyl groups is 2. The molecule has 1 unspecified atom stereocenters. The van der Waals surface area contributed by atoms with E-state index in [2.05, 4.69) is 18.7 Å². The molecule has 0 aromatic rings. The van der Waals surface area contributed by atoms with Gasteiger partial charge in [0.05, 0.1) is 5.54 Å². The molecule has 106 valence electrons. The summed E-state index contributed by atoms with van der Waals surface area (Å²) in [7, 11) is 0. The van der Waals surface area contributed by atoms with Crippen molar-refractivity contribution < 1.29 is 10.2 Å². The van der Waals surface area contributed by atoms with Gasteiger partial charge in [-0.2, -0.15) is 0 Å². The third kappa shape index (κ3) is 1.67. The molecule has 1 spiro atoms. The molecule has 3 nitrogen and oxygen atoms in total. The molecule has 1 atom stereocenters. The molecule has 3 heteroatoms. The summed E-state index contributed by atoms with van der Waals surface area (Å²) in [5.41, 5.74) is -0.00174. The van der Waals surface area contributed by atoms with E-state index < -0.39 is 11.3 Å². The molecule has 0 aromatic heterocycles. The van der Waals surface area contributed by atoms with E-state index in [1.807, 2.05) is 13.8 Å². The summed E-state index contributed by atoms with van der Waals surface area (Å²) in [4.78, 5) is 2.36. The first-order chi connectivity index (χ1) is 8.23. The van der Waals surface area contributed by atoms with Gasteiger partial charge in [-0.05, 0) is 50.0 Å². The molecule has 2 N–H and O–H groups in total. The molecular weight excluding hydrogens is 226 g/mol. The maximum atomic E-state index is 10.3. The lowest BCUT2D eigenvalue weighted by Gasteiger charge is -2.49. The van der Waals surface area contributed by atoms with Crippen LogP contribution in [-0.2, 0) is 0 Å². The van der Waals surface area contributed by atoms with E-state index in [1.54, 1.807) is 6.92 Å². The highest BCUT2D eigenvalue weighted by molar-refractivity contribution is 5.22. The molecule has 0 radical (unpaired) electrons. The van der Waals surface area contributed by atoms with Crippen LogP contribution >= 0.6 is 0 Å². The van der Waals surface area contributed by atoms with Crippen molar-refractivity contribution in [3.8, 4) is 0 Å². The fraction of sp³-hybridized carbons (Fsp3) is 1.00. The van der Waals surface area contributed by atoms with Crippen molar-refractivity contribution in [3.63, 3.8) is 0 Å². The van der Waals surface area contributed by atoms with Crippen LogP contribution < -0.4 is 0 Å². The molecule has 1 saturated carbocycles. The number of hydrogen-bond acceptors (Lipinski definition) is 3. The van der Waals surface area contributed by atoms with Gasteiger partial charge in [0.1, 0.15) is 0 Å². The molecular formula is C15H29NO2. The van der Waals surface area contributed by atoms with E-state index in [-0.39, 0.29) is 5.41 Å². The third-order valence-electron chi connectivity index (χ3n) is 5.56. The van der Waals surface area contributed by atoms with Crippen LogP contribution in [0.15, 0.2) is 0 Å². The van der Waals surface area contributed by atoms with Crippen molar-refractivity contribution in [2.24, 2.45) is 10.8 Å². The Bertz CT molecular complexity index is 328. The minimum atomic E-state index is -1.58. The van der Waals surface area contributed by atoms with Gasteiger partial charge in [-0.1, -0.05) is 27.7 Å². The maximum Gasteiger partial charge on any atom is 0.179 e. The standard InChI is InChI=1S/C13H23NO2.C2H6/c1-10(2)6-7-14-9-12(4-5-12)8-13(10,14)11(3,15)16;1-2/h15-16H,4-9H2,1-3H3;1-2H3. The van der Waals surface area contributed by atoms with Crippen molar-refractivity contribution >= 4 is 0 Å². The Morgan fingerprint density at radius 3 is 2.00 bits per heavy atom. The fourth-order valence-corrected chi connectivity index (χ4v) is 4.43. The van der Waals surface area contributed by atoms with Gasteiger partial charge in [-0.15, -0.1) is 0 Å². The van der Waals surface area contributed by atoms with Gasteiger partial charge in [-0.3, -0.25) is 4.90 Å². The van der Waals surface area contributed by atoms with Crippen LogP contribution in [0.2, 0.25) is 0 Å². The van der Waals surface area contributed by atoms with Crippen LogP contribution in [0.4, 0.5) is 0 Å². The summed E-state index contributed by atoms with van der Waals surface area (Å²) in [6.07, 6.45) is 4.59. The van der Waals surface area contributed by atoms with Crippen molar-refractivity contribution in [1.82, 2.24) is 4.90 Å². The van der Waals surface area contributed by atoms with Crippen LogP contribution in [0, 0.1) is 10.8 Å². The zero-order valence-electron chi connectivity index (χ0n) is 12.6. The van der Waals surface area contributed by atoms with Gasteiger partial charge in [0.25, 0.3) is 0 Å². The molecule has 3 aliphatic rings. The minimum absolute atomic E-state index is 0.00264. The normalized spacial score (nSPS) is 36.2. The van der Waals surface area contributed by atoms with Gasteiger partial charge in [-0.25, -0.2) is 0 Å². The maximum absolute atomic E-state index is 10.3. The van der Waals surface area contributed by atoms with Crippen LogP contribution in [0.3, 0.4) is 0 Å². The van der Waals surface area contributed by atoms with Gasteiger partial charge in [0.2, 0.25) is 0 Å². The molecule has 2 saturated heterocycles. The summed E-state index contributed by atoms with van der Waals surface area (Å²) in [5.74, 6) is -1.58. The lowest BCUT2D eigenvalue weighted by molar-refractivity contribution is -0.245. The van der Waals surface area contributed by atoms with E-state index in [4.69, 9.17) is 0 Å². The minimum Gasteiger partial charge on any atom is -0.364 e. The number of fused-ring (bicyclic) bond motifs is 1. The number of hydrogen-bond donors (Lipinski definition) is 2. The van der Waals surface area contributed by atoms with Crippen molar-refractivity contribution in [2.75, 3.05) is 13.1 Å². The highest BCUT2D eigenvalue weighted by Crippen LogP contribution is 2.67. The molecule has 2 heterocycles. The second-order valence-electron chi connectivity index (χ2n) is 7.11. The molecule has 3 rings (SSSR count). The Balaban J connectivity index is 0.000000574. The average Bonchev–Trinajstić information content (AvgIpc) is 2.82. The highest BCUT2D eigenvalue weighted by atomic mass is 16.5. The third-order valence-corrected chi connectivity index (χ3v) is 5.56. The predicted molar refractivity (Wildman–Crippen MR) is 73.2 cm³/mol. The van der Waals surface area contributed by atoms with E-state index >= 15 is 0 Å². The van der Waals surface area contributed by atoms with Crippen molar-refractivity contribution in [3.05, 3.63) is 0 Å². The van der Waals surface area contributed by atoms with E-state index in [0.717, 1.165) is 25.9 Å². The molecule has 2 aliphatic heterocycles. The van der Waals surface area contributed by atoms with E-state index in [9.17, 15) is 10.2 Å². The largest absolute Gasteiger partial charge is 0.364 e. The van der Waals surface area contributed by atoms with Gasteiger partial charge in [0.15, 0.2) is 5.79 Å². The lowest BCUT2D eigenvalue weighted by Crippen LogP contribution is -2.63. The fourth-order valence-electron chi connectivity index (χ4n) is 4.43. The van der Waals surface area contributed by atoms with Crippen LogP contribution in [-0.4, -0.2) is 39.5 Å². The molecule has 0 bridgehead atoms. The molecule has 3 fully saturated rings. The molecule has 1 aliphatic carbocycles. The predicted octanol–water partition coefficient (Wildman–Crippen LogP) is 2.37. The van der Waals surface area contributed by atoms with Crippen molar-refractivity contribution in [2.45, 2.75) is 71.6 Å². The Morgan fingerprint density at radius 1 is 1.06 bits per heavy atom. The summed E-state index contributed by atoms with van der Waals surface area (Å²) in [6, 6.07) is 0. The van der Waals surface area contributed by atoms with Crippen LogP contribution in [0.1, 0.15) is 60.3 Å². The first kappa shape index (κ1) is 14.3. The SMILES string of the molecule is CC.CC(O)(O)C12CC3(CC3)CN1CCC2(C)C. The Morgan fingerprint density at radius 2 is 1.61 bits per heavy atom. The molecule has 0 amide bonds. The molecule has 0 aromatic carbocycles. The monoisotopic (exact) mass is 255 g/mol. The Hall–Kier alpha value is -0.120. The van der Waals surface area contributed by atoms with Gasteiger partial charge in [0, 0.05) is 6.54 Å². The van der Waals surface area contributed by atoms with E-state index in [1.165, 1.54) is 12.8 Å². The summed E-state index contributed by atoms with van der Waals surface area (Å²) in [6.45, 7) is 12.1. The lowest BCUT2D eigenvalue weighted by atomic mass is 9.66. The van der Waals surface area contributed by atoms with Crippen LogP contribution in [0.5, 0.6) is 0 Å². The first-order valence-corrected chi connectivity index (χ1v) is 7.42. The summed E-state index contributed by atoms with van der Waals surface area (Å²) < 4.78 is 0. The second-order valence-corrected chi connectivity index (χ2v) is 7.11. The zero-order valence-corrected chi connectivity index (χ0v) is 12.6. The smallest absolute Gasteiger partial charge is 0.179 e. The first-order valence-electron chi connectivity index (χ1n) is 7.42. The summed E-state index contributed by atoms with van der Waals surface area (Å²) in [5, 5.41) is 20.6. The average molecular weight is 255 g/mol. The summed E-state index contributed by atoms with van der Waals surface area (Å²) >= 11 is 0. The molecule has 18 heavy (non-hydrogen) atoms. The number of nitrogens with zero attached hydrogens (tertiary/aromatic N) is 1. The highest BCUT2D eigenvalue weighted by Gasteiger charge is 2.71.